The highest BCUT2D eigenvalue weighted by molar-refractivity contribution is 8.01. The van der Waals surface area contributed by atoms with Crippen LogP contribution in [0.2, 0.25) is 0 Å². The Morgan fingerprint density at radius 2 is 2.12 bits per heavy atom. The Morgan fingerprint density at radius 1 is 1.29 bits per heavy atom. The molecule has 0 spiro atoms. The van der Waals surface area contributed by atoms with Crippen molar-refractivity contribution in [3.63, 3.8) is 0 Å². The number of aliphatic hydroxyl groups excluding tert-OH is 1. The predicted molar refractivity (Wildman–Crippen MR) is 72.1 cm³/mol. The second-order valence-corrected chi connectivity index (χ2v) is 5.87. The molecule has 0 aliphatic rings. The summed E-state index contributed by atoms with van der Waals surface area (Å²) in [7, 11) is 1.63. The summed E-state index contributed by atoms with van der Waals surface area (Å²) in [6.07, 6.45) is -0.534. The summed E-state index contributed by atoms with van der Waals surface area (Å²) in [6.45, 7) is 1.76. The molecule has 0 bridgehead atoms. The number of hydrogen-bond acceptors (Lipinski definition) is 4. The van der Waals surface area contributed by atoms with E-state index in [1.807, 2.05) is 29.6 Å². The third-order valence-electron chi connectivity index (χ3n) is 2.37. The van der Waals surface area contributed by atoms with E-state index in [1.54, 1.807) is 37.1 Å². The van der Waals surface area contributed by atoms with Gasteiger partial charge in [-0.25, -0.2) is 0 Å². The smallest absolute Gasteiger partial charge is 0.125 e. The molecular weight excluding hydrogens is 252 g/mol. The van der Waals surface area contributed by atoms with Crippen LogP contribution in [0.25, 0.3) is 0 Å². The van der Waals surface area contributed by atoms with Gasteiger partial charge in [-0.3, -0.25) is 0 Å². The molecular formula is C13H14O2S2. The summed E-state index contributed by atoms with van der Waals surface area (Å²) in [5.41, 5.74) is 0.855. The highest BCUT2D eigenvalue weighted by Gasteiger charge is 2.15. The molecule has 2 aromatic rings. The lowest BCUT2D eigenvalue weighted by molar-refractivity contribution is 0.191. The Hall–Kier alpha value is -0.970. The van der Waals surface area contributed by atoms with Crippen molar-refractivity contribution in [2.75, 3.05) is 7.11 Å². The van der Waals surface area contributed by atoms with Crippen LogP contribution in [0.15, 0.2) is 44.8 Å². The van der Waals surface area contributed by atoms with Crippen LogP contribution in [-0.4, -0.2) is 12.2 Å². The van der Waals surface area contributed by atoms with E-state index in [4.69, 9.17) is 4.74 Å². The molecule has 0 radical (unpaired) electrons. The largest absolute Gasteiger partial charge is 0.496 e. The minimum atomic E-state index is -0.534. The van der Waals surface area contributed by atoms with E-state index < -0.39 is 6.10 Å². The number of benzene rings is 1. The lowest BCUT2D eigenvalue weighted by Crippen LogP contribution is -1.98. The number of thiophene rings is 1. The van der Waals surface area contributed by atoms with Crippen LogP contribution in [0, 0.1) is 0 Å². The van der Waals surface area contributed by atoms with Gasteiger partial charge in [0.25, 0.3) is 0 Å². The summed E-state index contributed by atoms with van der Waals surface area (Å²) >= 11 is 3.35. The molecule has 17 heavy (non-hydrogen) atoms. The van der Waals surface area contributed by atoms with Crippen molar-refractivity contribution in [1.29, 1.82) is 0 Å². The average molecular weight is 266 g/mol. The molecule has 0 saturated carbocycles. The standard InChI is InChI=1S/C13H14O2S2/c1-9(14)13-10(15-2)5-3-6-11(13)17-12-7-4-8-16-12/h3-9,14H,1-2H3/t9-/m1/s1. The van der Waals surface area contributed by atoms with Gasteiger partial charge >= 0.3 is 0 Å². The van der Waals surface area contributed by atoms with E-state index >= 15 is 0 Å². The Morgan fingerprint density at radius 3 is 2.71 bits per heavy atom. The van der Waals surface area contributed by atoms with Crippen LogP contribution in [0.3, 0.4) is 0 Å². The van der Waals surface area contributed by atoms with Crippen molar-refractivity contribution in [2.45, 2.75) is 22.1 Å². The van der Waals surface area contributed by atoms with Crippen LogP contribution in [-0.2, 0) is 0 Å². The minimum absolute atomic E-state index is 0.534. The molecule has 1 atom stereocenters. The summed E-state index contributed by atoms with van der Waals surface area (Å²) in [5.74, 6) is 0.738. The lowest BCUT2D eigenvalue weighted by Gasteiger charge is -2.15. The molecule has 1 N–H and O–H groups in total. The van der Waals surface area contributed by atoms with Crippen LogP contribution < -0.4 is 4.74 Å². The van der Waals surface area contributed by atoms with Gasteiger partial charge in [0.15, 0.2) is 0 Å². The third kappa shape index (κ3) is 2.83. The normalized spacial score (nSPS) is 12.4. The first-order chi connectivity index (χ1) is 8.22. The molecule has 2 rings (SSSR count). The summed E-state index contributed by atoms with van der Waals surface area (Å²) < 4.78 is 6.51. The number of rotatable bonds is 4. The van der Waals surface area contributed by atoms with E-state index in [-0.39, 0.29) is 0 Å². The van der Waals surface area contributed by atoms with Crippen LogP contribution >= 0.6 is 23.1 Å². The molecule has 90 valence electrons. The average Bonchev–Trinajstić information content (AvgIpc) is 2.81. The molecule has 0 aliphatic heterocycles. The van der Waals surface area contributed by atoms with Crippen molar-refractivity contribution in [3.05, 3.63) is 41.3 Å². The summed E-state index contributed by atoms with van der Waals surface area (Å²) in [4.78, 5) is 1.04. The van der Waals surface area contributed by atoms with Crippen LogP contribution in [0.5, 0.6) is 5.75 Å². The third-order valence-corrected chi connectivity index (χ3v) is 4.48. The van der Waals surface area contributed by atoms with Crippen LogP contribution in [0.1, 0.15) is 18.6 Å². The molecule has 0 amide bonds. The Labute approximate surface area is 109 Å². The Kier molecular flexibility index (Phi) is 4.10. The van der Waals surface area contributed by atoms with Crippen molar-refractivity contribution >= 4 is 23.1 Å². The van der Waals surface area contributed by atoms with Crippen LogP contribution in [0.4, 0.5) is 0 Å². The molecule has 0 unspecified atom stereocenters. The van der Waals surface area contributed by atoms with Crippen molar-refractivity contribution in [1.82, 2.24) is 0 Å². The van der Waals surface area contributed by atoms with E-state index in [0.717, 1.165) is 16.2 Å². The van der Waals surface area contributed by atoms with Gasteiger partial charge < -0.3 is 9.84 Å². The first kappa shape index (κ1) is 12.5. The number of hydrogen-bond donors (Lipinski definition) is 1. The monoisotopic (exact) mass is 266 g/mol. The van der Waals surface area contributed by atoms with Gasteiger partial charge in [-0.15, -0.1) is 11.3 Å². The highest BCUT2D eigenvalue weighted by atomic mass is 32.2. The van der Waals surface area contributed by atoms with E-state index in [0.29, 0.717) is 0 Å². The first-order valence-corrected chi connectivity index (χ1v) is 6.98. The molecule has 0 aliphatic carbocycles. The number of ether oxygens (including phenoxy) is 1. The zero-order valence-electron chi connectivity index (χ0n) is 9.71. The minimum Gasteiger partial charge on any atom is -0.496 e. The zero-order valence-corrected chi connectivity index (χ0v) is 11.3. The maximum atomic E-state index is 9.86. The fraction of sp³-hybridized carbons (Fsp3) is 0.231. The van der Waals surface area contributed by atoms with E-state index in [2.05, 4.69) is 6.07 Å². The summed E-state index contributed by atoms with van der Waals surface area (Å²) in [5, 5.41) is 11.9. The molecule has 1 heterocycles. The van der Waals surface area contributed by atoms with Gasteiger partial charge in [-0.1, -0.05) is 23.9 Å². The van der Waals surface area contributed by atoms with Gasteiger partial charge in [-0.05, 0) is 30.5 Å². The van der Waals surface area contributed by atoms with Crippen molar-refractivity contribution in [2.24, 2.45) is 0 Å². The fourth-order valence-electron chi connectivity index (χ4n) is 1.63. The van der Waals surface area contributed by atoms with Gasteiger partial charge in [0.1, 0.15) is 5.75 Å². The maximum absolute atomic E-state index is 9.86. The SMILES string of the molecule is COc1cccc(Sc2cccs2)c1[C@@H](C)O. The zero-order chi connectivity index (χ0) is 12.3. The van der Waals surface area contributed by atoms with Gasteiger partial charge in [-0.2, -0.15) is 0 Å². The number of aliphatic hydroxyl groups is 1. The second-order valence-electron chi connectivity index (χ2n) is 3.58. The first-order valence-electron chi connectivity index (χ1n) is 5.28. The van der Waals surface area contributed by atoms with E-state index in [1.165, 1.54) is 4.21 Å². The van der Waals surface area contributed by atoms with E-state index in [9.17, 15) is 5.11 Å². The second kappa shape index (κ2) is 5.58. The fourth-order valence-corrected chi connectivity index (χ4v) is 3.60. The predicted octanol–water partition coefficient (Wildman–Crippen LogP) is 3.96. The molecule has 2 nitrogen and oxygen atoms in total. The summed E-state index contributed by atoms with van der Waals surface area (Å²) in [6, 6.07) is 9.92. The van der Waals surface area contributed by atoms with Gasteiger partial charge in [0.05, 0.1) is 17.4 Å². The lowest BCUT2D eigenvalue weighted by atomic mass is 10.1. The molecule has 4 heteroatoms. The Bertz CT molecular complexity index is 478. The molecule has 1 aromatic carbocycles. The Balaban J connectivity index is 2.39. The van der Waals surface area contributed by atoms with Gasteiger partial charge in [0, 0.05) is 10.5 Å². The quantitative estimate of drug-likeness (QED) is 0.908. The van der Waals surface area contributed by atoms with Crippen molar-refractivity contribution < 1.29 is 9.84 Å². The number of methoxy groups -OCH3 is 1. The van der Waals surface area contributed by atoms with Gasteiger partial charge in [0.2, 0.25) is 0 Å². The van der Waals surface area contributed by atoms with Crippen molar-refractivity contribution in [3.8, 4) is 5.75 Å². The molecule has 1 aromatic heterocycles. The maximum Gasteiger partial charge on any atom is 0.125 e. The molecule has 0 fully saturated rings. The molecule has 0 saturated heterocycles. The topological polar surface area (TPSA) is 29.5 Å². The highest BCUT2D eigenvalue weighted by Crippen LogP contribution is 2.39.